The molecule has 7 nitrogen and oxygen atoms in total. The van der Waals surface area contributed by atoms with Gasteiger partial charge in [-0.1, -0.05) is 0 Å². The van der Waals surface area contributed by atoms with Gasteiger partial charge in [-0.3, -0.25) is 9.89 Å². The molecule has 1 fully saturated rings. The summed E-state index contributed by atoms with van der Waals surface area (Å²) in [6, 6.07) is 1.52. The minimum absolute atomic E-state index is 0.167. The largest absolute Gasteiger partial charge is 0.444 e. The number of aromatic amines is 1. The van der Waals surface area contributed by atoms with E-state index in [9.17, 15) is 9.59 Å². The van der Waals surface area contributed by atoms with Gasteiger partial charge in [-0.25, -0.2) is 4.79 Å². The van der Waals surface area contributed by atoms with Crippen molar-refractivity contribution in [2.45, 2.75) is 39.2 Å². The number of nitrogens with two attached hydrogens (primary N) is 1. The average molecular weight is 282 g/mol. The van der Waals surface area contributed by atoms with Crippen molar-refractivity contribution in [3.63, 3.8) is 0 Å². The van der Waals surface area contributed by atoms with Crippen LogP contribution >= 0.6 is 0 Å². The van der Waals surface area contributed by atoms with Crippen molar-refractivity contribution in [3.8, 4) is 0 Å². The molecule has 0 saturated carbocycles. The number of H-pyrrole nitrogens is 1. The molecule has 1 aliphatic rings. The maximum absolute atomic E-state index is 11.4. The molecule has 0 spiro atoms. The first-order chi connectivity index (χ1) is 9.29. The lowest BCUT2D eigenvalue weighted by molar-refractivity contribution is 0.0295. The minimum atomic E-state index is -0.484. The van der Waals surface area contributed by atoms with Crippen LogP contribution in [0.2, 0.25) is 0 Å². The SMILES string of the molecule is CC(C)(C)OC(=O)N1CCCC1.NC(=O)c1ccn[nH]1. The Balaban J connectivity index is 0.000000217. The van der Waals surface area contributed by atoms with Crippen molar-refractivity contribution in [2.24, 2.45) is 5.73 Å². The summed E-state index contributed by atoms with van der Waals surface area (Å²) in [5.74, 6) is -0.484. The molecule has 112 valence electrons. The number of hydrogen-bond acceptors (Lipinski definition) is 4. The fourth-order valence-electron chi connectivity index (χ4n) is 1.62. The average Bonchev–Trinajstić information content (AvgIpc) is 3.02. The fourth-order valence-corrected chi connectivity index (χ4v) is 1.62. The van der Waals surface area contributed by atoms with Gasteiger partial charge in [0.2, 0.25) is 0 Å². The number of hydrogen-bond donors (Lipinski definition) is 2. The molecule has 2 heterocycles. The Labute approximate surface area is 118 Å². The van der Waals surface area contributed by atoms with Crippen LogP contribution in [0, 0.1) is 0 Å². The fraction of sp³-hybridized carbons (Fsp3) is 0.615. The number of primary amides is 1. The molecule has 20 heavy (non-hydrogen) atoms. The third-order valence-corrected chi connectivity index (χ3v) is 2.52. The quantitative estimate of drug-likeness (QED) is 0.815. The molecular weight excluding hydrogens is 260 g/mol. The topological polar surface area (TPSA) is 101 Å². The second-order valence-corrected chi connectivity index (χ2v) is 5.51. The van der Waals surface area contributed by atoms with Crippen molar-refractivity contribution in [1.82, 2.24) is 15.1 Å². The highest BCUT2D eigenvalue weighted by Crippen LogP contribution is 2.14. The molecule has 0 bridgehead atoms. The lowest BCUT2D eigenvalue weighted by Gasteiger charge is -2.23. The lowest BCUT2D eigenvalue weighted by Crippen LogP contribution is -2.34. The van der Waals surface area contributed by atoms with E-state index in [4.69, 9.17) is 10.5 Å². The van der Waals surface area contributed by atoms with Crippen LogP contribution in [0.25, 0.3) is 0 Å². The van der Waals surface area contributed by atoms with Crippen molar-refractivity contribution >= 4 is 12.0 Å². The normalized spacial score (nSPS) is 14.4. The van der Waals surface area contributed by atoms with Crippen LogP contribution in [0.1, 0.15) is 44.1 Å². The predicted molar refractivity (Wildman–Crippen MR) is 74.1 cm³/mol. The van der Waals surface area contributed by atoms with Gasteiger partial charge in [-0.05, 0) is 39.7 Å². The van der Waals surface area contributed by atoms with Crippen LogP contribution in [0.15, 0.2) is 12.3 Å². The van der Waals surface area contributed by atoms with E-state index in [1.54, 1.807) is 4.90 Å². The molecule has 3 N–H and O–H groups in total. The smallest absolute Gasteiger partial charge is 0.410 e. The summed E-state index contributed by atoms with van der Waals surface area (Å²) >= 11 is 0. The van der Waals surface area contributed by atoms with Gasteiger partial charge in [-0.2, -0.15) is 5.10 Å². The molecule has 1 aromatic rings. The van der Waals surface area contributed by atoms with Crippen molar-refractivity contribution in [1.29, 1.82) is 0 Å². The van der Waals surface area contributed by atoms with E-state index >= 15 is 0 Å². The summed E-state index contributed by atoms with van der Waals surface area (Å²) in [5, 5.41) is 5.93. The Morgan fingerprint density at radius 3 is 2.30 bits per heavy atom. The highest BCUT2D eigenvalue weighted by Gasteiger charge is 2.23. The van der Waals surface area contributed by atoms with Crippen LogP contribution in [0.5, 0.6) is 0 Å². The van der Waals surface area contributed by atoms with E-state index in [-0.39, 0.29) is 11.7 Å². The highest BCUT2D eigenvalue weighted by molar-refractivity contribution is 5.90. The first kappa shape index (κ1) is 16.0. The Bertz CT molecular complexity index is 431. The Morgan fingerprint density at radius 2 is 1.95 bits per heavy atom. The van der Waals surface area contributed by atoms with Gasteiger partial charge in [0.25, 0.3) is 5.91 Å². The molecule has 0 atom stereocenters. The standard InChI is InChI=1S/C9H17NO2.C4H5N3O/c1-9(2,3)12-8(11)10-6-4-5-7-10;5-4(8)3-1-2-6-7-3/h4-7H2,1-3H3;1-2H,(H2,5,8)(H,6,7). The maximum atomic E-state index is 11.4. The Morgan fingerprint density at radius 1 is 1.35 bits per heavy atom. The van der Waals surface area contributed by atoms with E-state index in [1.807, 2.05) is 20.8 Å². The van der Waals surface area contributed by atoms with Crippen LogP contribution in [0.4, 0.5) is 4.79 Å². The van der Waals surface area contributed by atoms with Gasteiger partial charge in [0.1, 0.15) is 11.3 Å². The maximum Gasteiger partial charge on any atom is 0.410 e. The number of rotatable bonds is 1. The third-order valence-electron chi connectivity index (χ3n) is 2.52. The second-order valence-electron chi connectivity index (χ2n) is 5.51. The summed E-state index contributed by atoms with van der Waals surface area (Å²) in [6.45, 7) is 7.38. The number of carbonyl (C=O) groups excluding carboxylic acids is 2. The number of amides is 2. The molecule has 2 amide bonds. The summed E-state index contributed by atoms with van der Waals surface area (Å²) < 4.78 is 5.21. The number of carbonyl (C=O) groups is 2. The number of aromatic nitrogens is 2. The van der Waals surface area contributed by atoms with E-state index in [2.05, 4.69) is 10.2 Å². The zero-order valence-corrected chi connectivity index (χ0v) is 12.2. The first-order valence-electron chi connectivity index (χ1n) is 6.57. The zero-order chi connectivity index (χ0) is 15.2. The monoisotopic (exact) mass is 282 g/mol. The molecule has 0 aliphatic carbocycles. The van der Waals surface area contributed by atoms with Crippen molar-refractivity contribution in [2.75, 3.05) is 13.1 Å². The number of nitrogens with one attached hydrogen (secondary N) is 1. The summed E-state index contributed by atoms with van der Waals surface area (Å²) in [6.07, 6.45) is 3.53. The summed E-state index contributed by atoms with van der Waals surface area (Å²) in [7, 11) is 0. The molecule has 0 radical (unpaired) electrons. The summed E-state index contributed by atoms with van der Waals surface area (Å²) in [5.41, 5.74) is 4.82. The minimum Gasteiger partial charge on any atom is -0.444 e. The Kier molecular flexibility index (Phi) is 5.54. The first-order valence-corrected chi connectivity index (χ1v) is 6.57. The third kappa shape index (κ3) is 5.73. The number of nitrogens with zero attached hydrogens (tertiary/aromatic N) is 2. The molecule has 7 heteroatoms. The Hall–Kier alpha value is -2.05. The van der Waals surface area contributed by atoms with Crippen molar-refractivity contribution in [3.05, 3.63) is 18.0 Å². The van der Waals surface area contributed by atoms with Gasteiger partial charge in [0.05, 0.1) is 0 Å². The van der Waals surface area contributed by atoms with E-state index < -0.39 is 5.91 Å². The number of likely N-dealkylation sites (tertiary alicyclic amines) is 1. The van der Waals surface area contributed by atoms with Gasteiger partial charge >= 0.3 is 6.09 Å². The van der Waals surface area contributed by atoms with E-state index in [1.165, 1.54) is 12.3 Å². The van der Waals surface area contributed by atoms with Gasteiger partial charge in [0.15, 0.2) is 0 Å². The molecular formula is C13H22N4O3. The van der Waals surface area contributed by atoms with Crippen molar-refractivity contribution < 1.29 is 14.3 Å². The summed E-state index contributed by atoms with van der Waals surface area (Å²) in [4.78, 5) is 23.3. The van der Waals surface area contributed by atoms with Crippen LogP contribution in [-0.2, 0) is 4.74 Å². The van der Waals surface area contributed by atoms with Crippen LogP contribution in [0.3, 0.4) is 0 Å². The second kappa shape index (κ2) is 6.93. The molecule has 2 rings (SSSR count). The van der Waals surface area contributed by atoms with Crippen LogP contribution in [-0.4, -0.2) is 45.8 Å². The zero-order valence-electron chi connectivity index (χ0n) is 12.2. The predicted octanol–water partition coefficient (Wildman–Crippen LogP) is 1.53. The van der Waals surface area contributed by atoms with Gasteiger partial charge in [-0.15, -0.1) is 0 Å². The van der Waals surface area contributed by atoms with E-state index in [0.29, 0.717) is 5.69 Å². The lowest BCUT2D eigenvalue weighted by atomic mass is 10.2. The molecule has 1 aliphatic heterocycles. The molecule has 1 aromatic heterocycles. The van der Waals surface area contributed by atoms with E-state index in [0.717, 1.165) is 25.9 Å². The number of ether oxygens (including phenoxy) is 1. The molecule has 1 saturated heterocycles. The highest BCUT2D eigenvalue weighted by atomic mass is 16.6. The van der Waals surface area contributed by atoms with Crippen LogP contribution < -0.4 is 5.73 Å². The van der Waals surface area contributed by atoms with Gasteiger partial charge in [0, 0.05) is 19.3 Å². The molecule has 0 aromatic carbocycles. The van der Waals surface area contributed by atoms with Gasteiger partial charge < -0.3 is 15.4 Å². The molecule has 0 unspecified atom stereocenters.